The van der Waals surface area contributed by atoms with Crippen LogP contribution in [0.5, 0.6) is 0 Å². The van der Waals surface area contributed by atoms with Crippen molar-refractivity contribution < 1.29 is 19.4 Å². The zero-order valence-electron chi connectivity index (χ0n) is 14.2. The highest BCUT2D eigenvalue weighted by atomic mass is 16.5. The molecule has 0 spiro atoms. The summed E-state index contributed by atoms with van der Waals surface area (Å²) in [5, 5.41) is 17.3. The Balaban J connectivity index is 2.09. The van der Waals surface area contributed by atoms with E-state index in [1.807, 2.05) is 13.0 Å². The van der Waals surface area contributed by atoms with E-state index in [-0.39, 0.29) is 23.7 Å². The average Bonchev–Trinajstić information content (AvgIpc) is 2.98. The highest BCUT2D eigenvalue weighted by molar-refractivity contribution is 5.93. The summed E-state index contributed by atoms with van der Waals surface area (Å²) in [6, 6.07) is 9.68. The van der Waals surface area contributed by atoms with E-state index in [1.54, 1.807) is 35.7 Å². The Morgan fingerprint density at radius 1 is 1.23 bits per heavy atom. The first-order valence-electron chi connectivity index (χ1n) is 7.90. The van der Waals surface area contributed by atoms with Gasteiger partial charge in [0.2, 0.25) is 0 Å². The Labute approximate surface area is 148 Å². The minimum Gasteiger partial charge on any atom is -0.478 e. The molecule has 0 unspecified atom stereocenters. The quantitative estimate of drug-likeness (QED) is 0.553. The normalized spacial score (nSPS) is 11.2. The molecule has 26 heavy (non-hydrogen) atoms. The van der Waals surface area contributed by atoms with Crippen molar-refractivity contribution in [2.45, 2.75) is 13.8 Å². The molecule has 0 aliphatic rings. The summed E-state index contributed by atoms with van der Waals surface area (Å²) in [6.07, 6.45) is 1.78. The van der Waals surface area contributed by atoms with Gasteiger partial charge in [-0.05, 0) is 43.7 Å². The van der Waals surface area contributed by atoms with Crippen molar-refractivity contribution in [1.82, 2.24) is 9.38 Å². The van der Waals surface area contributed by atoms with Gasteiger partial charge in [0.25, 0.3) is 0 Å². The molecule has 0 fully saturated rings. The van der Waals surface area contributed by atoms with Crippen LogP contribution in [0.25, 0.3) is 5.65 Å². The number of azo groups is 1. The Hall–Kier alpha value is -3.55. The number of esters is 1. The molecular weight excluding hydrogens is 336 g/mol. The number of nitrogens with zero attached hydrogens (tertiary/aromatic N) is 4. The lowest BCUT2D eigenvalue weighted by atomic mass is 10.2. The van der Waals surface area contributed by atoms with E-state index in [2.05, 4.69) is 15.2 Å². The van der Waals surface area contributed by atoms with Crippen molar-refractivity contribution in [2.75, 3.05) is 6.61 Å². The summed E-state index contributed by atoms with van der Waals surface area (Å²) in [5.74, 6) is -1.43. The molecule has 0 aliphatic heterocycles. The van der Waals surface area contributed by atoms with Crippen molar-refractivity contribution in [1.29, 1.82) is 0 Å². The van der Waals surface area contributed by atoms with E-state index >= 15 is 0 Å². The number of hydrogen-bond donors (Lipinski definition) is 1. The molecule has 0 saturated carbocycles. The number of benzene rings is 1. The van der Waals surface area contributed by atoms with E-state index in [4.69, 9.17) is 9.84 Å². The fraction of sp³-hybridized carbons (Fsp3) is 0.167. The fourth-order valence-electron chi connectivity index (χ4n) is 2.38. The summed E-state index contributed by atoms with van der Waals surface area (Å²) in [7, 11) is 0. The van der Waals surface area contributed by atoms with Crippen molar-refractivity contribution in [3.63, 3.8) is 0 Å². The average molecular weight is 352 g/mol. The highest BCUT2D eigenvalue weighted by Gasteiger charge is 2.20. The molecule has 132 valence electrons. The van der Waals surface area contributed by atoms with Gasteiger partial charge in [-0.15, -0.1) is 10.2 Å². The molecule has 0 atom stereocenters. The monoisotopic (exact) mass is 352 g/mol. The van der Waals surface area contributed by atoms with E-state index < -0.39 is 11.9 Å². The maximum atomic E-state index is 12.2. The lowest BCUT2D eigenvalue weighted by Gasteiger charge is -2.01. The van der Waals surface area contributed by atoms with Gasteiger partial charge in [-0.1, -0.05) is 12.1 Å². The lowest BCUT2D eigenvalue weighted by Crippen LogP contribution is -2.05. The topological polar surface area (TPSA) is 106 Å². The van der Waals surface area contributed by atoms with Gasteiger partial charge in [0, 0.05) is 6.20 Å². The number of fused-ring (bicyclic) bond motifs is 1. The molecule has 0 bridgehead atoms. The number of aryl methyl sites for hydroxylation is 1. The van der Waals surface area contributed by atoms with Crippen LogP contribution in [0.2, 0.25) is 0 Å². The minimum absolute atomic E-state index is 0.0515. The number of carboxylic acid groups (broad SMARTS) is 1. The van der Waals surface area contributed by atoms with Crippen LogP contribution >= 0.6 is 0 Å². The van der Waals surface area contributed by atoms with E-state index in [0.29, 0.717) is 11.3 Å². The van der Waals surface area contributed by atoms with E-state index in [0.717, 1.165) is 5.56 Å². The van der Waals surface area contributed by atoms with Crippen LogP contribution in [0.3, 0.4) is 0 Å². The molecular formula is C18H16N4O4. The first-order valence-corrected chi connectivity index (χ1v) is 7.90. The number of pyridine rings is 1. The van der Waals surface area contributed by atoms with E-state index in [1.165, 1.54) is 12.1 Å². The summed E-state index contributed by atoms with van der Waals surface area (Å²) >= 11 is 0. The number of carbonyl (C=O) groups excluding carboxylic acids is 1. The van der Waals surface area contributed by atoms with Gasteiger partial charge >= 0.3 is 11.9 Å². The fourth-order valence-corrected chi connectivity index (χ4v) is 2.38. The molecule has 1 aromatic carbocycles. The van der Waals surface area contributed by atoms with Crippen LogP contribution in [0.15, 0.2) is 52.8 Å². The van der Waals surface area contributed by atoms with Gasteiger partial charge < -0.3 is 9.84 Å². The third-order valence-electron chi connectivity index (χ3n) is 3.56. The molecule has 2 heterocycles. The molecule has 0 saturated heterocycles. The zero-order valence-corrected chi connectivity index (χ0v) is 14.2. The smallest absolute Gasteiger partial charge is 0.360 e. The summed E-state index contributed by atoms with van der Waals surface area (Å²) in [6.45, 7) is 3.82. The number of hydrogen-bond acceptors (Lipinski definition) is 6. The van der Waals surface area contributed by atoms with Crippen LogP contribution in [-0.4, -0.2) is 33.0 Å². The number of ether oxygens (including phenoxy) is 1. The van der Waals surface area contributed by atoms with E-state index in [9.17, 15) is 9.59 Å². The predicted molar refractivity (Wildman–Crippen MR) is 93.5 cm³/mol. The Morgan fingerprint density at radius 2 is 2.04 bits per heavy atom. The number of rotatable bonds is 5. The third-order valence-corrected chi connectivity index (χ3v) is 3.56. The summed E-state index contributed by atoms with van der Waals surface area (Å²) < 4.78 is 6.68. The van der Waals surface area contributed by atoms with Crippen molar-refractivity contribution >= 4 is 29.1 Å². The maximum Gasteiger partial charge on any atom is 0.360 e. The molecule has 0 aliphatic carbocycles. The van der Waals surface area contributed by atoms with Crippen molar-refractivity contribution in [3.8, 4) is 0 Å². The van der Waals surface area contributed by atoms with Gasteiger partial charge in [-0.25, -0.2) is 14.6 Å². The van der Waals surface area contributed by atoms with Gasteiger partial charge in [0.1, 0.15) is 5.65 Å². The second-order valence-corrected chi connectivity index (χ2v) is 5.49. The molecule has 8 nitrogen and oxygen atoms in total. The van der Waals surface area contributed by atoms with Gasteiger partial charge in [-0.2, -0.15) is 0 Å². The molecule has 8 heteroatoms. The highest BCUT2D eigenvalue weighted by Crippen LogP contribution is 2.26. The van der Waals surface area contributed by atoms with Crippen LogP contribution in [-0.2, 0) is 4.74 Å². The lowest BCUT2D eigenvalue weighted by molar-refractivity contribution is 0.0520. The standard InChI is InChI=1S/C18H16N4O4/c1-3-26-18(25)15-16(22-10-11(2)7-8-14(22)19-15)21-20-13-6-4-5-12(9-13)17(23)24/h4-10H,3H2,1-2H3,(H,23,24). The predicted octanol–water partition coefficient (Wildman–Crippen LogP) is 3.93. The van der Waals surface area contributed by atoms with Crippen LogP contribution < -0.4 is 0 Å². The number of imidazole rings is 1. The largest absolute Gasteiger partial charge is 0.478 e. The summed E-state index contributed by atoms with van der Waals surface area (Å²) in [4.78, 5) is 27.5. The summed E-state index contributed by atoms with van der Waals surface area (Å²) in [5.41, 5.74) is 1.99. The van der Waals surface area contributed by atoms with Crippen LogP contribution in [0, 0.1) is 6.92 Å². The number of aromatic carboxylic acids is 1. The second kappa shape index (κ2) is 7.14. The molecule has 1 N–H and O–H groups in total. The molecule has 2 aromatic heterocycles. The number of aromatic nitrogens is 2. The maximum absolute atomic E-state index is 12.2. The van der Waals surface area contributed by atoms with Crippen molar-refractivity contribution in [2.24, 2.45) is 10.2 Å². The SMILES string of the molecule is CCOC(=O)c1nc2ccc(C)cn2c1N=Nc1cccc(C(=O)O)c1. The first kappa shape index (κ1) is 17.3. The molecule has 0 radical (unpaired) electrons. The molecule has 3 aromatic rings. The third kappa shape index (κ3) is 3.44. The van der Waals surface area contributed by atoms with Gasteiger partial charge in [-0.3, -0.25) is 4.40 Å². The Morgan fingerprint density at radius 3 is 2.77 bits per heavy atom. The van der Waals surface area contributed by atoms with Gasteiger partial charge in [0.05, 0.1) is 17.9 Å². The van der Waals surface area contributed by atoms with Crippen LogP contribution in [0.1, 0.15) is 33.3 Å². The molecule has 0 amide bonds. The van der Waals surface area contributed by atoms with Crippen LogP contribution in [0.4, 0.5) is 11.5 Å². The Bertz CT molecular complexity index is 1020. The zero-order chi connectivity index (χ0) is 18.7. The molecule has 3 rings (SSSR count). The Kier molecular flexibility index (Phi) is 4.74. The second-order valence-electron chi connectivity index (χ2n) is 5.49. The van der Waals surface area contributed by atoms with Gasteiger partial charge in [0.15, 0.2) is 11.5 Å². The first-order chi connectivity index (χ1) is 12.5. The number of carbonyl (C=O) groups is 2. The van der Waals surface area contributed by atoms with Crippen molar-refractivity contribution in [3.05, 3.63) is 59.4 Å². The number of carboxylic acids is 1. The minimum atomic E-state index is -1.06.